The van der Waals surface area contributed by atoms with Gasteiger partial charge in [-0.25, -0.2) is 0 Å². The molecule has 1 saturated heterocycles. The molecular formula is C16H22N2OS. The number of rotatable bonds is 3. The van der Waals surface area contributed by atoms with Gasteiger partial charge in [-0.2, -0.15) is 11.8 Å². The lowest BCUT2D eigenvalue weighted by Gasteiger charge is -2.21. The number of carbonyl (C=O) groups excluding carboxylic acids is 1. The molecule has 1 saturated carbocycles. The largest absolute Gasteiger partial charge is 0.337 e. The minimum atomic E-state index is 0.132. The summed E-state index contributed by atoms with van der Waals surface area (Å²) in [6.45, 7) is 1.81. The van der Waals surface area contributed by atoms with Crippen LogP contribution in [0, 0.1) is 5.41 Å². The van der Waals surface area contributed by atoms with Gasteiger partial charge in [-0.15, -0.1) is 0 Å². The molecule has 2 heterocycles. The fourth-order valence-electron chi connectivity index (χ4n) is 3.19. The van der Waals surface area contributed by atoms with Gasteiger partial charge in [-0.3, -0.25) is 9.78 Å². The lowest BCUT2D eigenvalue weighted by Crippen LogP contribution is -2.33. The molecule has 0 aromatic carbocycles. The second kappa shape index (κ2) is 5.76. The van der Waals surface area contributed by atoms with Crippen LogP contribution in [0.25, 0.3) is 0 Å². The molecule has 0 atom stereocenters. The highest BCUT2D eigenvalue weighted by molar-refractivity contribution is 7.97. The Kier molecular flexibility index (Phi) is 4.01. The molecule has 1 aliphatic carbocycles. The van der Waals surface area contributed by atoms with Crippen LogP contribution < -0.4 is 0 Å². The Morgan fingerprint density at radius 3 is 2.95 bits per heavy atom. The first-order chi connectivity index (χ1) is 9.74. The third-order valence-corrected chi connectivity index (χ3v) is 5.28. The number of carbonyl (C=O) groups is 1. The molecular weight excluding hydrogens is 268 g/mol. The zero-order valence-electron chi connectivity index (χ0n) is 12.1. The number of amides is 1. The highest BCUT2D eigenvalue weighted by atomic mass is 32.2. The van der Waals surface area contributed by atoms with Crippen molar-refractivity contribution < 1.29 is 4.79 Å². The Balaban J connectivity index is 1.74. The van der Waals surface area contributed by atoms with E-state index in [1.807, 2.05) is 17.0 Å². The summed E-state index contributed by atoms with van der Waals surface area (Å²) < 4.78 is 0. The van der Waals surface area contributed by atoms with Gasteiger partial charge in [0, 0.05) is 25.0 Å². The first kappa shape index (κ1) is 13.9. The quantitative estimate of drug-likeness (QED) is 0.856. The highest BCUT2D eigenvalue weighted by Gasteiger charge is 2.43. The van der Waals surface area contributed by atoms with E-state index in [1.165, 1.54) is 25.7 Å². The van der Waals surface area contributed by atoms with Gasteiger partial charge in [-0.05, 0) is 55.4 Å². The molecule has 1 spiro atoms. The van der Waals surface area contributed by atoms with E-state index in [2.05, 4.69) is 11.2 Å². The second-order valence-corrected chi connectivity index (χ2v) is 6.96. The van der Waals surface area contributed by atoms with Gasteiger partial charge in [0.25, 0.3) is 5.91 Å². The van der Waals surface area contributed by atoms with Gasteiger partial charge in [0.05, 0.1) is 0 Å². The van der Waals surface area contributed by atoms with Crippen molar-refractivity contribution in [1.29, 1.82) is 0 Å². The minimum absolute atomic E-state index is 0.132. The van der Waals surface area contributed by atoms with E-state index < -0.39 is 0 Å². The molecule has 108 valence electrons. The van der Waals surface area contributed by atoms with Crippen LogP contribution in [0.4, 0.5) is 0 Å². The fourth-order valence-corrected chi connectivity index (χ4v) is 3.73. The molecule has 1 aromatic rings. The van der Waals surface area contributed by atoms with Crippen molar-refractivity contribution in [3.05, 3.63) is 29.6 Å². The van der Waals surface area contributed by atoms with E-state index >= 15 is 0 Å². The fraction of sp³-hybridized carbons (Fsp3) is 0.625. The SMILES string of the molecule is CSCc1cccnc1C(=O)N1CCCC2(CC1)CC2. The van der Waals surface area contributed by atoms with Gasteiger partial charge in [0.1, 0.15) is 5.69 Å². The molecule has 0 bridgehead atoms. The Labute approximate surface area is 125 Å². The van der Waals surface area contributed by atoms with Crippen LogP contribution >= 0.6 is 11.8 Å². The molecule has 3 rings (SSSR count). The zero-order valence-corrected chi connectivity index (χ0v) is 12.9. The summed E-state index contributed by atoms with van der Waals surface area (Å²) in [4.78, 5) is 19.1. The Morgan fingerprint density at radius 2 is 2.20 bits per heavy atom. The van der Waals surface area contributed by atoms with Crippen molar-refractivity contribution in [1.82, 2.24) is 9.88 Å². The Bertz CT molecular complexity index is 499. The summed E-state index contributed by atoms with van der Waals surface area (Å²) in [5, 5.41) is 0. The van der Waals surface area contributed by atoms with Crippen LogP contribution in [0.1, 0.15) is 48.2 Å². The number of hydrogen-bond acceptors (Lipinski definition) is 3. The molecule has 0 radical (unpaired) electrons. The maximum Gasteiger partial charge on any atom is 0.272 e. The van der Waals surface area contributed by atoms with Crippen LogP contribution in [0.5, 0.6) is 0 Å². The highest BCUT2D eigenvalue weighted by Crippen LogP contribution is 2.53. The van der Waals surface area contributed by atoms with E-state index in [9.17, 15) is 4.79 Å². The second-order valence-electron chi connectivity index (χ2n) is 6.09. The van der Waals surface area contributed by atoms with E-state index in [0.717, 1.165) is 30.8 Å². The third-order valence-electron chi connectivity index (χ3n) is 4.69. The molecule has 20 heavy (non-hydrogen) atoms. The topological polar surface area (TPSA) is 33.2 Å². The van der Waals surface area contributed by atoms with Crippen molar-refractivity contribution in [3.8, 4) is 0 Å². The zero-order chi connectivity index (χ0) is 14.0. The molecule has 3 nitrogen and oxygen atoms in total. The van der Waals surface area contributed by atoms with E-state index in [-0.39, 0.29) is 5.91 Å². The monoisotopic (exact) mass is 290 g/mol. The molecule has 1 aromatic heterocycles. The summed E-state index contributed by atoms with van der Waals surface area (Å²) >= 11 is 1.74. The van der Waals surface area contributed by atoms with E-state index in [1.54, 1.807) is 18.0 Å². The summed E-state index contributed by atoms with van der Waals surface area (Å²) in [6, 6.07) is 3.95. The van der Waals surface area contributed by atoms with Crippen molar-refractivity contribution in [2.24, 2.45) is 5.41 Å². The van der Waals surface area contributed by atoms with Crippen molar-refractivity contribution in [3.63, 3.8) is 0 Å². The van der Waals surface area contributed by atoms with Crippen LogP contribution in [0.15, 0.2) is 18.3 Å². The van der Waals surface area contributed by atoms with Crippen molar-refractivity contribution in [2.45, 2.75) is 37.9 Å². The number of hydrogen-bond donors (Lipinski definition) is 0. The summed E-state index contributed by atoms with van der Waals surface area (Å²) in [5.74, 6) is 0.986. The van der Waals surface area contributed by atoms with Gasteiger partial charge >= 0.3 is 0 Å². The third kappa shape index (κ3) is 2.85. The lowest BCUT2D eigenvalue weighted by molar-refractivity contribution is 0.0752. The number of aromatic nitrogens is 1. The number of thioether (sulfide) groups is 1. The maximum atomic E-state index is 12.7. The van der Waals surface area contributed by atoms with Crippen LogP contribution in [0.2, 0.25) is 0 Å². The number of nitrogens with zero attached hydrogens (tertiary/aromatic N) is 2. The predicted molar refractivity (Wildman–Crippen MR) is 82.9 cm³/mol. The van der Waals surface area contributed by atoms with E-state index in [4.69, 9.17) is 0 Å². The van der Waals surface area contributed by atoms with Crippen LogP contribution in [-0.2, 0) is 5.75 Å². The van der Waals surface area contributed by atoms with Gasteiger partial charge in [-0.1, -0.05) is 6.07 Å². The molecule has 2 fully saturated rings. The van der Waals surface area contributed by atoms with Gasteiger partial charge in [0.15, 0.2) is 0 Å². The van der Waals surface area contributed by atoms with E-state index in [0.29, 0.717) is 11.1 Å². The Hall–Kier alpha value is -1.03. The normalized spacial score (nSPS) is 20.8. The smallest absolute Gasteiger partial charge is 0.272 e. The lowest BCUT2D eigenvalue weighted by atomic mass is 9.98. The molecule has 1 amide bonds. The molecule has 4 heteroatoms. The first-order valence-electron chi connectivity index (χ1n) is 7.46. The van der Waals surface area contributed by atoms with Crippen LogP contribution in [0.3, 0.4) is 0 Å². The summed E-state index contributed by atoms with van der Waals surface area (Å²) in [7, 11) is 0. The standard InChI is InChI=1S/C16H22N2OS/c1-20-12-13-4-2-9-17-14(13)15(19)18-10-3-5-16(6-7-16)8-11-18/h2,4,9H,3,5-8,10-12H2,1H3. The Morgan fingerprint density at radius 1 is 1.35 bits per heavy atom. The first-order valence-corrected chi connectivity index (χ1v) is 8.86. The molecule has 0 unspecified atom stereocenters. The maximum absolute atomic E-state index is 12.7. The predicted octanol–water partition coefficient (Wildman–Crippen LogP) is 3.35. The van der Waals surface area contributed by atoms with Gasteiger partial charge < -0.3 is 4.90 Å². The number of pyridine rings is 1. The van der Waals surface area contributed by atoms with Crippen LogP contribution in [-0.4, -0.2) is 35.1 Å². The van der Waals surface area contributed by atoms with Crippen molar-refractivity contribution >= 4 is 17.7 Å². The summed E-state index contributed by atoms with van der Waals surface area (Å²) in [5.41, 5.74) is 2.32. The molecule has 1 aliphatic heterocycles. The number of likely N-dealkylation sites (tertiary alicyclic amines) is 1. The molecule has 2 aliphatic rings. The molecule has 0 N–H and O–H groups in total. The van der Waals surface area contributed by atoms with Crippen molar-refractivity contribution in [2.75, 3.05) is 19.3 Å². The summed E-state index contributed by atoms with van der Waals surface area (Å²) in [6.07, 6.45) is 10.2. The average molecular weight is 290 g/mol. The average Bonchev–Trinajstić information content (AvgIpc) is 3.26. The minimum Gasteiger partial charge on any atom is -0.337 e. The van der Waals surface area contributed by atoms with Gasteiger partial charge in [0.2, 0.25) is 0 Å².